The zero-order valence-corrected chi connectivity index (χ0v) is 16.8. The van der Waals surface area contributed by atoms with Crippen molar-refractivity contribution in [3.05, 3.63) is 41.7 Å². The van der Waals surface area contributed by atoms with Gasteiger partial charge in [-0.2, -0.15) is 0 Å². The Morgan fingerprint density at radius 3 is 2.72 bits per heavy atom. The van der Waals surface area contributed by atoms with Crippen molar-refractivity contribution in [2.45, 2.75) is 57.7 Å². The molecular formula is C21H26FN3O4. The number of anilines is 1. The highest BCUT2D eigenvalue weighted by molar-refractivity contribution is 6.03. The van der Waals surface area contributed by atoms with Gasteiger partial charge < -0.3 is 15.4 Å². The summed E-state index contributed by atoms with van der Waals surface area (Å²) in [5.74, 6) is -1.05. The SMILES string of the molecule is CC(C)(C)OC(=O)N[C@H]1C/C=C\CNC(=O)[C@H]2CCC(=O)N2c2cc(F)cc1c2. The fourth-order valence-electron chi connectivity index (χ4n) is 3.51. The van der Waals surface area contributed by atoms with E-state index in [9.17, 15) is 18.8 Å². The van der Waals surface area contributed by atoms with Gasteiger partial charge in [0.15, 0.2) is 0 Å². The number of amides is 3. The average Bonchev–Trinajstić information content (AvgIpc) is 2.99. The van der Waals surface area contributed by atoms with Crippen LogP contribution in [0.1, 0.15) is 51.6 Å². The van der Waals surface area contributed by atoms with E-state index in [0.29, 0.717) is 30.6 Å². The minimum absolute atomic E-state index is 0.222. The van der Waals surface area contributed by atoms with Crippen LogP contribution in [0.4, 0.5) is 14.9 Å². The molecule has 29 heavy (non-hydrogen) atoms. The zero-order chi connectivity index (χ0) is 21.2. The standard InChI is InChI=1S/C21H26FN3O4/c1-21(2,3)29-20(28)24-16-6-4-5-9-23-19(27)17-7-8-18(26)25(17)15-11-13(16)10-14(22)12-15/h4-5,10-12,16-17H,6-9H2,1-3H3,(H,23,27)(H,24,28)/b5-4-/t16-,17+/m0/s1. The fraction of sp³-hybridized carbons (Fsp3) is 0.476. The lowest BCUT2D eigenvalue weighted by atomic mass is 10.0. The molecule has 3 amide bonds. The van der Waals surface area contributed by atoms with Crippen molar-refractivity contribution in [3.8, 4) is 0 Å². The second-order valence-corrected chi connectivity index (χ2v) is 8.21. The molecule has 0 spiro atoms. The zero-order valence-electron chi connectivity index (χ0n) is 16.8. The van der Waals surface area contributed by atoms with Gasteiger partial charge in [0.25, 0.3) is 0 Å². The first-order valence-corrected chi connectivity index (χ1v) is 9.69. The summed E-state index contributed by atoms with van der Waals surface area (Å²) in [6.07, 6.45) is 3.93. The summed E-state index contributed by atoms with van der Waals surface area (Å²) in [7, 11) is 0. The maximum Gasteiger partial charge on any atom is 0.408 e. The van der Waals surface area contributed by atoms with Gasteiger partial charge >= 0.3 is 6.09 Å². The van der Waals surface area contributed by atoms with Gasteiger partial charge in [-0.3, -0.25) is 14.5 Å². The van der Waals surface area contributed by atoms with Gasteiger partial charge in [0.2, 0.25) is 11.8 Å². The molecule has 0 radical (unpaired) electrons. The van der Waals surface area contributed by atoms with Gasteiger partial charge in [0.05, 0.1) is 6.04 Å². The molecule has 2 N–H and O–H groups in total. The molecule has 0 aromatic heterocycles. The molecule has 1 fully saturated rings. The Kier molecular flexibility index (Phi) is 5.91. The van der Waals surface area contributed by atoms with Gasteiger partial charge in [-0.05, 0) is 57.4 Å². The van der Waals surface area contributed by atoms with Crippen LogP contribution in [0.2, 0.25) is 0 Å². The first-order chi connectivity index (χ1) is 13.6. The third kappa shape index (κ3) is 5.13. The van der Waals surface area contributed by atoms with Gasteiger partial charge in [0.1, 0.15) is 17.5 Å². The molecule has 156 valence electrons. The number of alkyl carbamates (subject to hydrolysis) is 1. The summed E-state index contributed by atoms with van der Waals surface area (Å²) in [6, 6.07) is 2.97. The second kappa shape index (κ2) is 8.23. The maximum atomic E-state index is 14.4. The Morgan fingerprint density at radius 2 is 2.00 bits per heavy atom. The Balaban J connectivity index is 1.98. The number of hydrogen-bond acceptors (Lipinski definition) is 4. The van der Waals surface area contributed by atoms with Gasteiger partial charge in [-0.15, -0.1) is 0 Å². The molecule has 0 saturated carbocycles. The van der Waals surface area contributed by atoms with E-state index in [1.807, 2.05) is 6.08 Å². The molecule has 2 aliphatic rings. The predicted molar refractivity (Wildman–Crippen MR) is 106 cm³/mol. The van der Waals surface area contributed by atoms with E-state index in [2.05, 4.69) is 10.6 Å². The summed E-state index contributed by atoms with van der Waals surface area (Å²) in [6.45, 7) is 5.58. The van der Waals surface area contributed by atoms with E-state index >= 15 is 0 Å². The minimum Gasteiger partial charge on any atom is -0.444 e. The van der Waals surface area contributed by atoms with Crippen LogP contribution in [0.5, 0.6) is 0 Å². The number of carbonyl (C=O) groups excluding carboxylic acids is 3. The van der Waals surface area contributed by atoms with E-state index < -0.39 is 29.6 Å². The van der Waals surface area contributed by atoms with Crippen molar-refractivity contribution in [1.82, 2.24) is 10.6 Å². The van der Waals surface area contributed by atoms with Crippen LogP contribution in [-0.4, -0.2) is 36.1 Å². The molecule has 2 bridgehead atoms. The molecule has 1 aromatic carbocycles. The number of carbonyl (C=O) groups is 3. The molecule has 2 heterocycles. The Hall–Kier alpha value is -2.90. The Bertz CT molecular complexity index is 847. The molecule has 7 nitrogen and oxygen atoms in total. The normalized spacial score (nSPS) is 23.4. The lowest BCUT2D eigenvalue weighted by Crippen LogP contribution is -2.45. The fourth-order valence-corrected chi connectivity index (χ4v) is 3.51. The van der Waals surface area contributed by atoms with Crippen molar-refractivity contribution >= 4 is 23.6 Å². The Morgan fingerprint density at radius 1 is 1.24 bits per heavy atom. The highest BCUT2D eigenvalue weighted by atomic mass is 19.1. The van der Waals surface area contributed by atoms with Crippen molar-refractivity contribution in [2.75, 3.05) is 11.4 Å². The van der Waals surface area contributed by atoms with Crippen molar-refractivity contribution in [3.63, 3.8) is 0 Å². The first-order valence-electron chi connectivity index (χ1n) is 9.69. The number of nitrogens with zero attached hydrogens (tertiary/aromatic N) is 1. The molecule has 1 aromatic rings. The molecular weight excluding hydrogens is 377 g/mol. The number of halogens is 1. The summed E-state index contributed by atoms with van der Waals surface area (Å²) in [5.41, 5.74) is 0.135. The van der Waals surface area contributed by atoms with Crippen LogP contribution in [0.25, 0.3) is 0 Å². The minimum atomic E-state index is -0.678. The predicted octanol–water partition coefficient (Wildman–Crippen LogP) is 2.96. The van der Waals surface area contributed by atoms with Crippen LogP contribution in [0, 0.1) is 5.82 Å². The second-order valence-electron chi connectivity index (χ2n) is 8.21. The molecule has 2 aliphatic heterocycles. The largest absolute Gasteiger partial charge is 0.444 e. The molecule has 0 unspecified atom stereocenters. The summed E-state index contributed by atoms with van der Waals surface area (Å²) >= 11 is 0. The molecule has 2 atom stereocenters. The third-order valence-corrected chi connectivity index (χ3v) is 4.72. The molecule has 0 aliphatic carbocycles. The van der Waals surface area contributed by atoms with Crippen LogP contribution >= 0.6 is 0 Å². The summed E-state index contributed by atoms with van der Waals surface area (Å²) in [4.78, 5) is 38.5. The van der Waals surface area contributed by atoms with Gasteiger partial charge in [-0.1, -0.05) is 12.2 Å². The summed E-state index contributed by atoms with van der Waals surface area (Å²) in [5, 5.41) is 5.55. The number of fused-ring (bicyclic) bond motifs is 4. The lowest BCUT2D eigenvalue weighted by molar-refractivity contribution is -0.123. The maximum absolute atomic E-state index is 14.4. The third-order valence-electron chi connectivity index (χ3n) is 4.72. The number of benzene rings is 1. The monoisotopic (exact) mass is 403 g/mol. The highest BCUT2D eigenvalue weighted by Gasteiger charge is 2.37. The molecule has 3 rings (SSSR count). The van der Waals surface area contributed by atoms with E-state index in [4.69, 9.17) is 4.74 Å². The van der Waals surface area contributed by atoms with Crippen molar-refractivity contribution < 1.29 is 23.5 Å². The van der Waals surface area contributed by atoms with E-state index in [1.165, 1.54) is 17.0 Å². The first kappa shape index (κ1) is 20.8. The quantitative estimate of drug-likeness (QED) is 0.706. The smallest absolute Gasteiger partial charge is 0.408 e. The van der Waals surface area contributed by atoms with Crippen LogP contribution < -0.4 is 15.5 Å². The van der Waals surface area contributed by atoms with Crippen molar-refractivity contribution in [2.24, 2.45) is 0 Å². The van der Waals surface area contributed by atoms with Crippen LogP contribution in [-0.2, 0) is 14.3 Å². The average molecular weight is 403 g/mol. The van der Waals surface area contributed by atoms with E-state index in [0.717, 1.165) is 0 Å². The van der Waals surface area contributed by atoms with E-state index in [1.54, 1.807) is 32.9 Å². The van der Waals surface area contributed by atoms with Gasteiger partial charge in [-0.25, -0.2) is 9.18 Å². The highest BCUT2D eigenvalue weighted by Crippen LogP contribution is 2.31. The number of ether oxygens (including phenoxy) is 1. The number of nitrogens with one attached hydrogen (secondary N) is 2. The topological polar surface area (TPSA) is 87.7 Å². The molecule has 1 saturated heterocycles. The summed E-state index contributed by atoms with van der Waals surface area (Å²) < 4.78 is 19.8. The van der Waals surface area contributed by atoms with Crippen molar-refractivity contribution in [1.29, 1.82) is 0 Å². The number of hydrogen-bond donors (Lipinski definition) is 2. The molecule has 8 heteroatoms. The number of rotatable bonds is 1. The van der Waals surface area contributed by atoms with E-state index in [-0.39, 0.29) is 18.2 Å². The lowest BCUT2D eigenvalue weighted by Gasteiger charge is -2.27. The Labute approximate surface area is 169 Å². The van der Waals surface area contributed by atoms with Crippen LogP contribution in [0.3, 0.4) is 0 Å². The van der Waals surface area contributed by atoms with Crippen LogP contribution in [0.15, 0.2) is 30.4 Å². The van der Waals surface area contributed by atoms with Gasteiger partial charge in [0, 0.05) is 18.7 Å².